The molecule has 1 saturated heterocycles. The van der Waals surface area contributed by atoms with Crippen LogP contribution in [0.4, 0.5) is 0 Å². The van der Waals surface area contributed by atoms with Crippen LogP contribution in [0.25, 0.3) is 0 Å². The third-order valence-electron chi connectivity index (χ3n) is 3.17. The minimum absolute atomic E-state index is 0.356. The summed E-state index contributed by atoms with van der Waals surface area (Å²) in [5, 5.41) is 0.356. The molecule has 0 aliphatic carbocycles. The number of rotatable bonds is 4. The number of hydrogen-bond acceptors (Lipinski definition) is 1. The molecule has 1 fully saturated rings. The Labute approximate surface area is 86.8 Å². The van der Waals surface area contributed by atoms with Crippen molar-refractivity contribution in [3.8, 4) is 0 Å². The molecule has 0 radical (unpaired) electrons. The molecule has 2 atom stereocenters. The van der Waals surface area contributed by atoms with E-state index in [9.17, 15) is 0 Å². The molecule has 1 nitrogen and oxygen atoms in total. The summed E-state index contributed by atoms with van der Waals surface area (Å²) in [5.74, 6) is 1.44. The summed E-state index contributed by atoms with van der Waals surface area (Å²) in [5.41, 5.74) is 0. The third kappa shape index (κ3) is 3.47. The van der Waals surface area contributed by atoms with E-state index < -0.39 is 0 Å². The molecular formula is C11H21ClO. The Balaban J connectivity index is 2.32. The van der Waals surface area contributed by atoms with Crippen molar-refractivity contribution >= 4 is 11.6 Å². The van der Waals surface area contributed by atoms with Crippen LogP contribution < -0.4 is 0 Å². The molecular weight excluding hydrogens is 184 g/mol. The molecule has 78 valence electrons. The largest absolute Gasteiger partial charge is 0.381 e. The van der Waals surface area contributed by atoms with Crippen LogP contribution in [-0.4, -0.2) is 18.6 Å². The summed E-state index contributed by atoms with van der Waals surface area (Å²) in [6, 6.07) is 0. The molecule has 0 N–H and O–H groups in total. The van der Waals surface area contributed by atoms with Crippen molar-refractivity contribution in [1.29, 1.82) is 0 Å². The van der Waals surface area contributed by atoms with E-state index in [1.165, 1.54) is 19.3 Å². The maximum Gasteiger partial charge on any atom is 0.0508 e. The molecule has 1 heterocycles. The van der Waals surface area contributed by atoms with E-state index >= 15 is 0 Å². The summed E-state index contributed by atoms with van der Waals surface area (Å²) in [6.07, 6.45) is 4.83. The van der Waals surface area contributed by atoms with E-state index in [0.717, 1.165) is 25.6 Å². The van der Waals surface area contributed by atoms with Gasteiger partial charge in [0.25, 0.3) is 0 Å². The number of hydrogen-bond donors (Lipinski definition) is 0. The smallest absolute Gasteiger partial charge is 0.0508 e. The van der Waals surface area contributed by atoms with Crippen LogP contribution in [0, 0.1) is 11.8 Å². The predicted octanol–water partition coefficient (Wildman–Crippen LogP) is 3.46. The van der Waals surface area contributed by atoms with Gasteiger partial charge in [-0.2, -0.15) is 0 Å². The lowest BCUT2D eigenvalue weighted by atomic mass is 9.87. The van der Waals surface area contributed by atoms with Crippen molar-refractivity contribution in [3.63, 3.8) is 0 Å². The zero-order chi connectivity index (χ0) is 9.68. The second-order valence-corrected chi connectivity index (χ2v) is 4.62. The monoisotopic (exact) mass is 204 g/mol. The molecule has 2 heteroatoms. The Morgan fingerprint density at radius 3 is 2.62 bits per heavy atom. The van der Waals surface area contributed by atoms with Gasteiger partial charge >= 0.3 is 0 Å². The van der Waals surface area contributed by atoms with Gasteiger partial charge in [-0.05, 0) is 24.7 Å². The van der Waals surface area contributed by atoms with Gasteiger partial charge in [0, 0.05) is 12.0 Å². The van der Waals surface area contributed by atoms with Crippen LogP contribution in [0.3, 0.4) is 0 Å². The molecule has 0 saturated carbocycles. The van der Waals surface area contributed by atoms with E-state index in [1.54, 1.807) is 0 Å². The van der Waals surface area contributed by atoms with Gasteiger partial charge in [0.05, 0.1) is 6.61 Å². The summed E-state index contributed by atoms with van der Waals surface area (Å²) in [6.45, 7) is 6.26. The van der Waals surface area contributed by atoms with Crippen LogP contribution in [-0.2, 0) is 4.74 Å². The van der Waals surface area contributed by atoms with Gasteiger partial charge in [0.15, 0.2) is 0 Å². The average Bonchev–Trinajstić information content (AvgIpc) is 2.17. The van der Waals surface area contributed by atoms with Crippen molar-refractivity contribution in [2.24, 2.45) is 11.8 Å². The van der Waals surface area contributed by atoms with Crippen LogP contribution in [0.15, 0.2) is 0 Å². The van der Waals surface area contributed by atoms with Gasteiger partial charge in [-0.25, -0.2) is 0 Å². The number of ether oxygens (including phenoxy) is 1. The van der Waals surface area contributed by atoms with Gasteiger partial charge in [0.2, 0.25) is 0 Å². The maximum atomic E-state index is 6.26. The Morgan fingerprint density at radius 2 is 2.08 bits per heavy atom. The van der Waals surface area contributed by atoms with Crippen molar-refractivity contribution < 1.29 is 4.74 Å². The topological polar surface area (TPSA) is 9.23 Å². The fourth-order valence-electron chi connectivity index (χ4n) is 2.04. The SMILES string of the molecule is CCC(CC)CC1COCCC1Cl. The fraction of sp³-hybridized carbons (Fsp3) is 1.00. The molecule has 0 aromatic heterocycles. The highest BCUT2D eigenvalue weighted by molar-refractivity contribution is 6.20. The van der Waals surface area contributed by atoms with E-state index in [4.69, 9.17) is 16.3 Å². The standard InChI is InChI=1S/C11H21ClO/c1-3-9(4-2)7-10-8-13-6-5-11(10)12/h9-11H,3-8H2,1-2H3. The Bertz CT molecular complexity index is 134. The van der Waals surface area contributed by atoms with Crippen LogP contribution in [0.1, 0.15) is 39.5 Å². The molecule has 1 aliphatic rings. The van der Waals surface area contributed by atoms with Crippen molar-refractivity contribution in [3.05, 3.63) is 0 Å². The number of halogens is 1. The second kappa shape index (κ2) is 5.87. The first-order valence-electron chi connectivity index (χ1n) is 5.49. The van der Waals surface area contributed by atoms with Crippen LogP contribution in [0.5, 0.6) is 0 Å². The minimum Gasteiger partial charge on any atom is -0.381 e. The summed E-state index contributed by atoms with van der Waals surface area (Å²) < 4.78 is 5.46. The zero-order valence-electron chi connectivity index (χ0n) is 8.76. The lowest BCUT2D eigenvalue weighted by Gasteiger charge is -2.29. The quantitative estimate of drug-likeness (QED) is 0.638. The van der Waals surface area contributed by atoms with E-state index in [1.807, 2.05) is 0 Å². The third-order valence-corrected chi connectivity index (χ3v) is 3.75. The van der Waals surface area contributed by atoms with E-state index in [2.05, 4.69) is 13.8 Å². The summed E-state index contributed by atoms with van der Waals surface area (Å²) in [4.78, 5) is 0. The van der Waals surface area contributed by atoms with Crippen molar-refractivity contribution in [2.75, 3.05) is 13.2 Å². The molecule has 0 spiro atoms. The second-order valence-electron chi connectivity index (χ2n) is 4.06. The van der Waals surface area contributed by atoms with Crippen LogP contribution >= 0.6 is 11.6 Å². The molecule has 1 aliphatic heterocycles. The van der Waals surface area contributed by atoms with Gasteiger partial charge in [-0.3, -0.25) is 0 Å². The molecule has 1 rings (SSSR count). The van der Waals surface area contributed by atoms with Gasteiger partial charge < -0.3 is 4.74 Å². The molecule has 0 amide bonds. The molecule has 0 aromatic carbocycles. The molecule has 13 heavy (non-hydrogen) atoms. The highest BCUT2D eigenvalue weighted by Gasteiger charge is 2.25. The summed E-state index contributed by atoms with van der Waals surface area (Å²) >= 11 is 6.26. The normalized spacial score (nSPS) is 29.5. The first-order valence-corrected chi connectivity index (χ1v) is 5.93. The lowest BCUT2D eigenvalue weighted by molar-refractivity contribution is 0.0474. The molecule has 0 bridgehead atoms. The predicted molar refractivity (Wildman–Crippen MR) is 57.3 cm³/mol. The van der Waals surface area contributed by atoms with Gasteiger partial charge in [0.1, 0.15) is 0 Å². The first kappa shape index (κ1) is 11.3. The van der Waals surface area contributed by atoms with E-state index in [0.29, 0.717) is 11.3 Å². The average molecular weight is 205 g/mol. The molecule has 2 unspecified atom stereocenters. The number of alkyl halides is 1. The van der Waals surface area contributed by atoms with Gasteiger partial charge in [-0.1, -0.05) is 26.7 Å². The molecule has 0 aromatic rings. The Kier molecular flexibility index (Phi) is 5.12. The summed E-state index contributed by atoms with van der Waals surface area (Å²) in [7, 11) is 0. The van der Waals surface area contributed by atoms with E-state index in [-0.39, 0.29) is 0 Å². The zero-order valence-corrected chi connectivity index (χ0v) is 9.52. The maximum absolute atomic E-state index is 6.26. The lowest BCUT2D eigenvalue weighted by Crippen LogP contribution is -2.29. The van der Waals surface area contributed by atoms with Crippen molar-refractivity contribution in [2.45, 2.75) is 44.9 Å². The fourth-order valence-corrected chi connectivity index (χ4v) is 2.30. The van der Waals surface area contributed by atoms with Crippen LogP contribution in [0.2, 0.25) is 0 Å². The Hall–Kier alpha value is 0.250. The van der Waals surface area contributed by atoms with Gasteiger partial charge in [-0.15, -0.1) is 11.6 Å². The minimum atomic E-state index is 0.356. The first-order chi connectivity index (χ1) is 6.27. The van der Waals surface area contributed by atoms with Crippen molar-refractivity contribution in [1.82, 2.24) is 0 Å². The highest BCUT2D eigenvalue weighted by Crippen LogP contribution is 2.28. The Morgan fingerprint density at radius 1 is 1.38 bits per heavy atom. The highest BCUT2D eigenvalue weighted by atomic mass is 35.5.